The van der Waals surface area contributed by atoms with Gasteiger partial charge in [0.25, 0.3) is 0 Å². The van der Waals surface area contributed by atoms with Crippen LogP contribution in [-0.4, -0.2) is 41.0 Å². The minimum atomic E-state index is 0.194. The van der Waals surface area contributed by atoms with Crippen LogP contribution >= 0.6 is 0 Å². The number of rotatable bonds is 4. The van der Waals surface area contributed by atoms with Crippen molar-refractivity contribution in [1.29, 1.82) is 0 Å². The molecule has 0 radical (unpaired) electrons. The molecule has 1 aliphatic heterocycles. The third-order valence-corrected chi connectivity index (χ3v) is 6.87. The van der Waals surface area contributed by atoms with Crippen LogP contribution in [0.15, 0.2) is 24.5 Å². The molecule has 2 heterocycles. The largest absolute Gasteiger partial charge is 0.353 e. The van der Waals surface area contributed by atoms with Crippen molar-refractivity contribution in [1.82, 2.24) is 15.2 Å². The molecule has 0 aromatic carbocycles. The Morgan fingerprint density at radius 1 is 1.12 bits per heavy atom. The number of aromatic nitrogens is 1. The molecule has 3 fully saturated rings. The molecule has 2 unspecified atom stereocenters. The standard InChI is InChI=1S/C21H32N4O/c22-20-16-2-1-3-17(20)13-18(12-16)21(26)24-19-6-10-25(11-7-19)14-15-4-8-23-9-5-15/h4-5,8-9,16-20H,1-3,6-7,10-14,22H2,(H,24,26). The fourth-order valence-corrected chi connectivity index (χ4v) is 5.30. The summed E-state index contributed by atoms with van der Waals surface area (Å²) in [6, 6.07) is 4.84. The molecule has 26 heavy (non-hydrogen) atoms. The van der Waals surface area contributed by atoms with E-state index in [-0.39, 0.29) is 5.92 Å². The van der Waals surface area contributed by atoms with Gasteiger partial charge in [0.2, 0.25) is 5.91 Å². The second kappa shape index (κ2) is 8.05. The molecule has 2 saturated carbocycles. The minimum Gasteiger partial charge on any atom is -0.353 e. The number of hydrogen-bond acceptors (Lipinski definition) is 4. The molecular formula is C21H32N4O. The molecule has 142 valence electrons. The van der Waals surface area contributed by atoms with Crippen molar-refractivity contribution in [2.24, 2.45) is 23.5 Å². The van der Waals surface area contributed by atoms with Gasteiger partial charge in [0.05, 0.1) is 0 Å². The first-order chi connectivity index (χ1) is 12.7. The fourth-order valence-electron chi connectivity index (χ4n) is 5.30. The first kappa shape index (κ1) is 17.9. The summed E-state index contributed by atoms with van der Waals surface area (Å²) < 4.78 is 0. The fraction of sp³-hybridized carbons (Fsp3) is 0.714. The number of nitrogens with two attached hydrogens (primary N) is 1. The van der Waals surface area contributed by atoms with Gasteiger partial charge in [-0.2, -0.15) is 0 Å². The van der Waals surface area contributed by atoms with Crippen molar-refractivity contribution < 1.29 is 4.79 Å². The second-order valence-corrected chi connectivity index (χ2v) is 8.61. The van der Waals surface area contributed by atoms with Crippen molar-refractivity contribution in [2.75, 3.05) is 13.1 Å². The average molecular weight is 357 g/mol. The molecule has 1 aromatic rings. The van der Waals surface area contributed by atoms with Crippen LogP contribution in [0.5, 0.6) is 0 Å². The van der Waals surface area contributed by atoms with Crippen LogP contribution in [0.1, 0.15) is 50.5 Å². The number of carbonyl (C=O) groups is 1. The van der Waals surface area contributed by atoms with Gasteiger partial charge in [0.1, 0.15) is 0 Å². The second-order valence-electron chi connectivity index (χ2n) is 8.61. The number of amides is 1. The van der Waals surface area contributed by atoms with Crippen LogP contribution in [0.2, 0.25) is 0 Å². The van der Waals surface area contributed by atoms with Crippen LogP contribution in [0.4, 0.5) is 0 Å². The maximum atomic E-state index is 12.8. The van der Waals surface area contributed by atoms with E-state index in [1.165, 1.54) is 24.8 Å². The summed E-state index contributed by atoms with van der Waals surface area (Å²) in [4.78, 5) is 19.4. The van der Waals surface area contributed by atoms with Crippen LogP contribution in [0.25, 0.3) is 0 Å². The maximum absolute atomic E-state index is 12.8. The molecule has 2 bridgehead atoms. The number of piperidine rings is 1. The molecule has 2 aliphatic carbocycles. The Labute approximate surface area is 156 Å². The number of fused-ring (bicyclic) bond motifs is 2. The zero-order chi connectivity index (χ0) is 17.9. The number of nitrogens with zero attached hydrogens (tertiary/aromatic N) is 2. The van der Waals surface area contributed by atoms with Gasteiger partial charge in [-0.3, -0.25) is 14.7 Å². The van der Waals surface area contributed by atoms with E-state index in [9.17, 15) is 4.79 Å². The van der Waals surface area contributed by atoms with Gasteiger partial charge in [-0.15, -0.1) is 0 Å². The Kier molecular flexibility index (Phi) is 5.55. The van der Waals surface area contributed by atoms with E-state index >= 15 is 0 Å². The molecule has 2 atom stereocenters. The lowest BCUT2D eigenvalue weighted by molar-refractivity contribution is -0.129. The van der Waals surface area contributed by atoms with Crippen molar-refractivity contribution >= 4 is 5.91 Å². The van der Waals surface area contributed by atoms with Crippen molar-refractivity contribution in [3.05, 3.63) is 30.1 Å². The lowest BCUT2D eigenvalue weighted by Gasteiger charge is -2.44. The van der Waals surface area contributed by atoms with E-state index in [0.29, 0.717) is 29.8 Å². The SMILES string of the molecule is NC1C2CCCC1CC(C(=O)NC1CCN(Cc3ccncc3)CC1)C2. The lowest BCUT2D eigenvalue weighted by atomic mass is 9.65. The predicted molar refractivity (Wildman–Crippen MR) is 102 cm³/mol. The summed E-state index contributed by atoms with van der Waals surface area (Å²) >= 11 is 0. The normalized spacial score (nSPS) is 33.0. The first-order valence-electron chi connectivity index (χ1n) is 10.4. The number of nitrogens with one attached hydrogen (secondary N) is 1. The smallest absolute Gasteiger partial charge is 0.223 e. The number of likely N-dealkylation sites (tertiary alicyclic amines) is 1. The highest BCUT2D eigenvalue weighted by Crippen LogP contribution is 2.42. The van der Waals surface area contributed by atoms with E-state index in [1.807, 2.05) is 12.4 Å². The number of pyridine rings is 1. The molecule has 5 nitrogen and oxygen atoms in total. The van der Waals surface area contributed by atoms with Crippen LogP contribution < -0.4 is 11.1 Å². The third-order valence-electron chi connectivity index (χ3n) is 6.87. The summed E-state index contributed by atoms with van der Waals surface area (Å²) in [5.41, 5.74) is 7.68. The molecule has 4 rings (SSSR count). The molecule has 1 amide bonds. The highest BCUT2D eigenvalue weighted by atomic mass is 16.1. The maximum Gasteiger partial charge on any atom is 0.223 e. The zero-order valence-electron chi connectivity index (χ0n) is 15.6. The molecule has 0 spiro atoms. The highest BCUT2D eigenvalue weighted by Gasteiger charge is 2.40. The van der Waals surface area contributed by atoms with Gasteiger partial charge >= 0.3 is 0 Å². The van der Waals surface area contributed by atoms with Crippen LogP contribution in [0, 0.1) is 17.8 Å². The summed E-state index contributed by atoms with van der Waals surface area (Å²) in [7, 11) is 0. The summed E-state index contributed by atoms with van der Waals surface area (Å²) in [5, 5.41) is 3.36. The van der Waals surface area contributed by atoms with Gasteiger partial charge in [-0.05, 0) is 68.1 Å². The highest BCUT2D eigenvalue weighted by molar-refractivity contribution is 5.79. The zero-order valence-corrected chi connectivity index (χ0v) is 15.6. The summed E-state index contributed by atoms with van der Waals surface area (Å²) in [6.45, 7) is 3.08. The monoisotopic (exact) mass is 356 g/mol. The number of carbonyl (C=O) groups excluding carboxylic acids is 1. The van der Waals surface area contributed by atoms with E-state index < -0.39 is 0 Å². The Balaban J connectivity index is 1.23. The summed E-state index contributed by atoms with van der Waals surface area (Å²) in [6.07, 6.45) is 11.6. The molecule has 1 aromatic heterocycles. The van der Waals surface area contributed by atoms with Gasteiger partial charge in [0, 0.05) is 50.0 Å². The molecule has 3 aliphatic rings. The topological polar surface area (TPSA) is 71.2 Å². The first-order valence-corrected chi connectivity index (χ1v) is 10.4. The van der Waals surface area contributed by atoms with Gasteiger partial charge in [0.15, 0.2) is 0 Å². The minimum absolute atomic E-state index is 0.194. The quantitative estimate of drug-likeness (QED) is 0.868. The van der Waals surface area contributed by atoms with E-state index in [2.05, 4.69) is 27.3 Å². The van der Waals surface area contributed by atoms with Crippen molar-refractivity contribution in [3.63, 3.8) is 0 Å². The third kappa shape index (κ3) is 4.09. The van der Waals surface area contributed by atoms with E-state index in [1.54, 1.807) is 0 Å². The Hall–Kier alpha value is -1.46. The lowest BCUT2D eigenvalue weighted by Crippen LogP contribution is -2.51. The Morgan fingerprint density at radius 2 is 1.77 bits per heavy atom. The Morgan fingerprint density at radius 3 is 2.42 bits per heavy atom. The molecular weight excluding hydrogens is 324 g/mol. The van der Waals surface area contributed by atoms with E-state index in [4.69, 9.17) is 5.73 Å². The Bertz CT molecular complexity index is 585. The molecule has 3 N–H and O–H groups in total. The van der Waals surface area contributed by atoms with Crippen LogP contribution in [-0.2, 0) is 11.3 Å². The van der Waals surface area contributed by atoms with Crippen molar-refractivity contribution in [3.8, 4) is 0 Å². The molecule has 5 heteroatoms. The predicted octanol–water partition coefficient (Wildman–Crippen LogP) is 2.32. The summed E-state index contributed by atoms with van der Waals surface area (Å²) in [5.74, 6) is 1.63. The molecule has 1 saturated heterocycles. The van der Waals surface area contributed by atoms with E-state index in [0.717, 1.165) is 45.3 Å². The van der Waals surface area contributed by atoms with Gasteiger partial charge < -0.3 is 11.1 Å². The average Bonchev–Trinajstić information content (AvgIpc) is 2.64. The van der Waals surface area contributed by atoms with Crippen molar-refractivity contribution in [2.45, 2.75) is 63.6 Å². The number of hydrogen-bond donors (Lipinski definition) is 2. The van der Waals surface area contributed by atoms with Crippen LogP contribution in [0.3, 0.4) is 0 Å². The van der Waals surface area contributed by atoms with Gasteiger partial charge in [-0.1, -0.05) is 6.42 Å². The van der Waals surface area contributed by atoms with Gasteiger partial charge in [-0.25, -0.2) is 0 Å².